The Bertz CT molecular complexity index is 256. The fraction of sp³-hybridized carbons (Fsp3) is 0.750. The third-order valence-corrected chi connectivity index (χ3v) is 1.65. The molecule has 0 aliphatic rings. The number of rotatable bonds is 6. The second-order valence-electron chi connectivity index (χ2n) is 3.21. The molecule has 17 heavy (non-hydrogen) atoms. The van der Waals surface area contributed by atoms with E-state index in [2.05, 4.69) is 10.2 Å². The Labute approximate surface area is 97.1 Å². The van der Waals surface area contributed by atoms with Crippen LogP contribution in [0.25, 0.3) is 0 Å². The van der Waals surface area contributed by atoms with Crippen molar-refractivity contribution in [3.8, 4) is 0 Å². The van der Waals surface area contributed by atoms with E-state index in [1.165, 1.54) is 19.2 Å². The van der Waals surface area contributed by atoms with Crippen molar-refractivity contribution in [2.45, 2.75) is 13.8 Å². The van der Waals surface area contributed by atoms with E-state index in [4.69, 9.17) is 20.3 Å². The van der Waals surface area contributed by atoms with Gasteiger partial charge in [0.05, 0.1) is 24.9 Å². The van der Waals surface area contributed by atoms with Gasteiger partial charge >= 0.3 is 11.9 Å². The Morgan fingerprint density at radius 2 is 1.24 bits per heavy atom. The lowest BCUT2D eigenvalue weighted by molar-refractivity contribution is -0.141. The van der Waals surface area contributed by atoms with Gasteiger partial charge in [-0.05, 0) is 0 Å². The minimum Gasteiger partial charge on any atom is -0.481 e. The molecule has 0 aliphatic heterocycles. The van der Waals surface area contributed by atoms with Crippen LogP contribution in [-0.4, -0.2) is 40.4 Å². The molecule has 0 aliphatic carbocycles. The molecule has 0 saturated carbocycles. The number of azo groups is 1. The van der Waals surface area contributed by atoms with Gasteiger partial charge in [-0.2, -0.15) is 10.2 Å². The van der Waals surface area contributed by atoms with Gasteiger partial charge in [0.2, 0.25) is 0 Å². The van der Waals surface area contributed by atoms with Gasteiger partial charge in [-0.15, -0.1) is 4.91 Å². The maximum Gasteiger partial charge on any atom is 0.308 e. The highest BCUT2D eigenvalue weighted by Gasteiger charge is 2.11. The van der Waals surface area contributed by atoms with Gasteiger partial charge in [0.15, 0.2) is 5.34 Å². The highest BCUT2D eigenvalue weighted by molar-refractivity contribution is 5.70. The van der Waals surface area contributed by atoms with Crippen LogP contribution in [0.15, 0.2) is 15.6 Å². The predicted octanol–water partition coefficient (Wildman–Crippen LogP) is 1.02. The van der Waals surface area contributed by atoms with Crippen LogP contribution in [0.2, 0.25) is 0 Å². The molecule has 0 saturated heterocycles. The molecule has 0 fully saturated rings. The summed E-state index contributed by atoms with van der Waals surface area (Å²) in [5, 5.41) is 32.0. The smallest absolute Gasteiger partial charge is 0.308 e. The number of carboxylic acids is 2. The average Bonchev–Trinajstić information content (AvgIpc) is 2.24. The molecule has 98 valence electrons. The first-order chi connectivity index (χ1) is 7.86. The highest BCUT2D eigenvalue weighted by Crippen LogP contribution is 1.98. The van der Waals surface area contributed by atoms with Gasteiger partial charge in [0.1, 0.15) is 0 Å². The van der Waals surface area contributed by atoms with E-state index in [1.54, 1.807) is 0 Å². The zero-order valence-corrected chi connectivity index (χ0v) is 9.48. The molecule has 0 spiro atoms. The number of nitrogens with zero attached hydrogens (tertiary/aromatic N) is 3. The molecule has 2 atom stereocenters. The van der Waals surface area contributed by atoms with Crippen LogP contribution in [-0.2, 0) is 9.59 Å². The zero-order valence-electron chi connectivity index (χ0n) is 9.48. The van der Waals surface area contributed by atoms with E-state index in [9.17, 15) is 9.59 Å². The topological polar surface area (TPSA) is 149 Å². The standard InChI is InChI=1S/C8H14N2O4.HNO2/c1-5(7(11)12)3-9-10-4-6(2)8(13)14;2-1-3/h5-6H,3-4H2,1-2H3,(H,11,12)(H,13,14);(H,2,3). The summed E-state index contributed by atoms with van der Waals surface area (Å²) >= 11 is 0. The first-order valence-electron chi connectivity index (χ1n) is 4.62. The van der Waals surface area contributed by atoms with E-state index >= 15 is 0 Å². The van der Waals surface area contributed by atoms with Gasteiger partial charge < -0.3 is 15.4 Å². The Balaban J connectivity index is 0. The van der Waals surface area contributed by atoms with Crippen molar-refractivity contribution < 1.29 is 25.0 Å². The summed E-state index contributed by atoms with van der Waals surface area (Å²) in [5.41, 5.74) is 0. The van der Waals surface area contributed by atoms with Crippen LogP contribution in [0.4, 0.5) is 0 Å². The Hall–Kier alpha value is -2.06. The molecule has 9 heteroatoms. The number of aliphatic carboxylic acids is 2. The summed E-state index contributed by atoms with van der Waals surface area (Å²) in [5.74, 6) is -3.04. The average molecular weight is 249 g/mol. The Morgan fingerprint density at radius 3 is 1.41 bits per heavy atom. The molecule has 0 aromatic rings. The Morgan fingerprint density at radius 1 is 1.00 bits per heavy atom. The van der Waals surface area contributed by atoms with Crippen LogP contribution in [0.1, 0.15) is 13.8 Å². The number of hydrogen-bond donors (Lipinski definition) is 3. The molecule has 0 bridgehead atoms. The Kier molecular flexibility index (Phi) is 10.7. The van der Waals surface area contributed by atoms with E-state index < -0.39 is 23.8 Å². The van der Waals surface area contributed by atoms with Crippen molar-refractivity contribution >= 4 is 11.9 Å². The summed E-state index contributed by atoms with van der Waals surface area (Å²) in [6.07, 6.45) is 0. The van der Waals surface area contributed by atoms with Gasteiger partial charge in [-0.1, -0.05) is 13.8 Å². The molecule has 0 radical (unpaired) electrons. The molecule has 3 N–H and O–H groups in total. The van der Waals surface area contributed by atoms with Crippen LogP contribution in [0.3, 0.4) is 0 Å². The molecule has 9 nitrogen and oxygen atoms in total. The van der Waals surface area contributed by atoms with Crippen molar-refractivity contribution in [1.29, 1.82) is 0 Å². The quantitative estimate of drug-likeness (QED) is 0.363. The third kappa shape index (κ3) is 11.9. The van der Waals surface area contributed by atoms with Crippen LogP contribution in [0.5, 0.6) is 0 Å². The maximum atomic E-state index is 10.3. The molecule has 2 unspecified atom stereocenters. The molecule has 0 aromatic carbocycles. The maximum absolute atomic E-state index is 10.3. The summed E-state index contributed by atoms with van der Waals surface area (Å²) in [6, 6.07) is 0. The molecule has 0 aromatic heterocycles. The van der Waals surface area contributed by atoms with Crippen molar-refractivity contribution in [3.05, 3.63) is 4.91 Å². The van der Waals surface area contributed by atoms with Crippen LogP contribution in [0, 0.1) is 16.7 Å². The monoisotopic (exact) mass is 249 g/mol. The van der Waals surface area contributed by atoms with Crippen LogP contribution >= 0.6 is 0 Å². The minimum absolute atomic E-state index is 0.0850. The summed E-state index contributed by atoms with van der Waals surface area (Å²) in [6.45, 7) is 3.20. The number of carboxylic acid groups (broad SMARTS) is 2. The second-order valence-corrected chi connectivity index (χ2v) is 3.21. The normalized spacial score (nSPS) is 13.3. The predicted molar refractivity (Wildman–Crippen MR) is 55.8 cm³/mol. The van der Waals surface area contributed by atoms with E-state index in [1.807, 2.05) is 0 Å². The van der Waals surface area contributed by atoms with Gasteiger partial charge in [-0.25, -0.2) is 0 Å². The van der Waals surface area contributed by atoms with Gasteiger partial charge in [-0.3, -0.25) is 9.59 Å². The summed E-state index contributed by atoms with van der Waals surface area (Å²) in [7, 11) is 0. The fourth-order valence-electron chi connectivity index (χ4n) is 0.517. The highest BCUT2D eigenvalue weighted by atomic mass is 16.6. The zero-order chi connectivity index (χ0) is 13.8. The lowest BCUT2D eigenvalue weighted by Gasteiger charge is -2.01. The third-order valence-electron chi connectivity index (χ3n) is 1.65. The van der Waals surface area contributed by atoms with Crippen molar-refractivity contribution in [2.75, 3.05) is 13.1 Å². The SMILES string of the molecule is CC(CN=NCC(C)C(=O)O)C(=O)O.O=NO. The van der Waals surface area contributed by atoms with Crippen molar-refractivity contribution in [2.24, 2.45) is 27.4 Å². The lowest BCUT2D eigenvalue weighted by atomic mass is 10.2. The number of hydrogen-bond acceptors (Lipinski definition) is 6. The van der Waals surface area contributed by atoms with Gasteiger partial charge in [0, 0.05) is 0 Å². The molecule has 0 heterocycles. The molecule has 0 rings (SSSR count). The van der Waals surface area contributed by atoms with Gasteiger partial charge in [0.25, 0.3) is 0 Å². The summed E-state index contributed by atoms with van der Waals surface area (Å²) < 4.78 is 0. The lowest BCUT2D eigenvalue weighted by Crippen LogP contribution is -2.14. The van der Waals surface area contributed by atoms with Crippen molar-refractivity contribution in [3.63, 3.8) is 0 Å². The fourth-order valence-corrected chi connectivity index (χ4v) is 0.517. The first kappa shape index (κ1) is 17.3. The number of carbonyl (C=O) groups is 2. The minimum atomic E-state index is -0.935. The van der Waals surface area contributed by atoms with Crippen LogP contribution < -0.4 is 0 Å². The molecular weight excluding hydrogens is 234 g/mol. The second kappa shape index (κ2) is 10.5. The first-order valence-corrected chi connectivity index (χ1v) is 4.62. The van der Waals surface area contributed by atoms with E-state index in [-0.39, 0.29) is 13.1 Å². The largest absolute Gasteiger partial charge is 0.481 e. The van der Waals surface area contributed by atoms with E-state index in [0.717, 1.165) is 0 Å². The van der Waals surface area contributed by atoms with Crippen molar-refractivity contribution in [1.82, 2.24) is 0 Å². The summed E-state index contributed by atoms with van der Waals surface area (Å²) in [4.78, 5) is 28.8. The molecular formula is C8H15N3O6. The van der Waals surface area contributed by atoms with E-state index in [0.29, 0.717) is 0 Å². The molecule has 0 amide bonds.